The highest BCUT2D eigenvalue weighted by Crippen LogP contribution is 2.46. The lowest BCUT2D eigenvalue weighted by Crippen LogP contribution is -2.31. The van der Waals surface area contributed by atoms with E-state index in [9.17, 15) is 9.18 Å². The smallest absolute Gasteiger partial charge is 0.227 e. The summed E-state index contributed by atoms with van der Waals surface area (Å²) in [4.78, 5) is 17.8. The van der Waals surface area contributed by atoms with E-state index in [2.05, 4.69) is 10.3 Å². The highest BCUT2D eigenvalue weighted by molar-refractivity contribution is 7.98. The molecular weight excluding hydrogens is 471 g/mol. The summed E-state index contributed by atoms with van der Waals surface area (Å²) >= 11 is 1.40. The van der Waals surface area contributed by atoms with E-state index in [1.807, 2.05) is 12.1 Å². The van der Waals surface area contributed by atoms with Crippen LogP contribution in [0.15, 0.2) is 52.8 Å². The van der Waals surface area contributed by atoms with Crippen LogP contribution in [-0.4, -0.2) is 41.9 Å². The molecule has 3 aromatic rings. The first-order valence-corrected chi connectivity index (χ1v) is 12.2. The number of methoxy groups -OCH3 is 3. The standard InChI is InChI=1S/C25H25FN4O4S/c1-32-19-12-21(34-3)20(33-2)11-16(19)23-22-17(8-5-9-18(22)31)27-24-28-25(29-30(23)24)35-13-14-6-4-7-15(26)10-14/h4,6-7,10-12,23H,5,8-9,13H2,1-3H3,(H,27,28,29)/t23-/m1/s1. The molecule has 35 heavy (non-hydrogen) atoms. The first-order chi connectivity index (χ1) is 17.0. The van der Waals surface area contributed by atoms with E-state index in [1.165, 1.54) is 23.9 Å². The van der Waals surface area contributed by atoms with Crippen LogP contribution in [-0.2, 0) is 10.5 Å². The number of anilines is 1. The monoisotopic (exact) mass is 496 g/mol. The second-order valence-electron chi connectivity index (χ2n) is 8.23. The van der Waals surface area contributed by atoms with Crippen LogP contribution in [0.25, 0.3) is 0 Å². The molecule has 8 nitrogen and oxygen atoms in total. The Labute approximate surface area is 206 Å². The summed E-state index contributed by atoms with van der Waals surface area (Å²) in [6.07, 6.45) is 1.99. The highest BCUT2D eigenvalue weighted by atomic mass is 32.2. The minimum Gasteiger partial charge on any atom is -0.496 e. The number of Topliss-reactive ketones (excluding diaryl/α,β-unsaturated/α-hetero) is 1. The summed E-state index contributed by atoms with van der Waals surface area (Å²) in [7, 11) is 4.70. The lowest BCUT2D eigenvalue weighted by molar-refractivity contribution is -0.116. The fourth-order valence-electron chi connectivity index (χ4n) is 4.53. The molecule has 0 unspecified atom stereocenters. The van der Waals surface area contributed by atoms with E-state index >= 15 is 0 Å². The van der Waals surface area contributed by atoms with Crippen molar-refractivity contribution in [3.63, 3.8) is 0 Å². The molecule has 2 aliphatic rings. The molecule has 0 fully saturated rings. The molecule has 0 bridgehead atoms. The fourth-order valence-corrected chi connectivity index (χ4v) is 5.30. The maximum atomic E-state index is 13.6. The van der Waals surface area contributed by atoms with Crippen molar-refractivity contribution in [3.8, 4) is 17.2 Å². The van der Waals surface area contributed by atoms with Crippen molar-refractivity contribution in [2.45, 2.75) is 36.2 Å². The number of nitrogens with one attached hydrogen (secondary N) is 1. The minimum absolute atomic E-state index is 0.0655. The third kappa shape index (κ3) is 4.34. The van der Waals surface area contributed by atoms with Gasteiger partial charge < -0.3 is 19.5 Å². The van der Waals surface area contributed by atoms with Gasteiger partial charge in [-0.1, -0.05) is 23.9 Å². The van der Waals surface area contributed by atoms with E-state index in [-0.39, 0.29) is 11.6 Å². The molecule has 0 saturated heterocycles. The normalized spacial score (nSPS) is 16.9. The largest absolute Gasteiger partial charge is 0.496 e. The Bertz CT molecular complexity index is 1320. The SMILES string of the molecule is COc1cc(OC)c([C@@H]2C3=C(CCCC3=O)Nc3nc(SCc4cccc(F)c4)nn32)cc1OC. The number of ether oxygens (including phenoxy) is 3. The molecule has 2 heterocycles. The van der Waals surface area contributed by atoms with Gasteiger partial charge in [-0.05, 0) is 36.6 Å². The predicted octanol–water partition coefficient (Wildman–Crippen LogP) is 4.76. The van der Waals surface area contributed by atoms with Crippen LogP contribution in [0.5, 0.6) is 17.2 Å². The van der Waals surface area contributed by atoms with Gasteiger partial charge in [0.1, 0.15) is 17.6 Å². The van der Waals surface area contributed by atoms with Crippen LogP contribution in [0.3, 0.4) is 0 Å². The van der Waals surface area contributed by atoms with Gasteiger partial charge in [-0.2, -0.15) is 4.98 Å². The summed E-state index contributed by atoms with van der Waals surface area (Å²) in [6, 6.07) is 9.49. The average Bonchev–Trinajstić information content (AvgIpc) is 3.28. The first kappa shape index (κ1) is 23.2. The Hall–Kier alpha value is -3.53. The summed E-state index contributed by atoms with van der Waals surface area (Å²) in [5.41, 5.74) is 3.06. The molecule has 10 heteroatoms. The van der Waals surface area contributed by atoms with Crippen molar-refractivity contribution in [2.75, 3.05) is 26.6 Å². The second kappa shape index (κ2) is 9.61. The number of fused-ring (bicyclic) bond motifs is 1. The van der Waals surface area contributed by atoms with Gasteiger partial charge in [-0.15, -0.1) is 5.10 Å². The van der Waals surface area contributed by atoms with Gasteiger partial charge in [0.25, 0.3) is 0 Å². The Morgan fingerprint density at radius 1 is 1.09 bits per heavy atom. The molecule has 0 radical (unpaired) electrons. The zero-order valence-electron chi connectivity index (χ0n) is 19.6. The second-order valence-corrected chi connectivity index (χ2v) is 9.17. The molecule has 5 rings (SSSR count). The number of aromatic nitrogens is 3. The van der Waals surface area contributed by atoms with Crippen LogP contribution in [0.4, 0.5) is 10.3 Å². The number of benzene rings is 2. The number of ketones is 1. The van der Waals surface area contributed by atoms with Gasteiger partial charge in [0.05, 0.1) is 21.3 Å². The third-order valence-electron chi connectivity index (χ3n) is 6.14. The quantitative estimate of drug-likeness (QED) is 0.469. The topological polar surface area (TPSA) is 87.5 Å². The molecule has 0 spiro atoms. The molecular formula is C25H25FN4O4S. The number of nitrogens with zero attached hydrogens (tertiary/aromatic N) is 3. The van der Waals surface area contributed by atoms with E-state index < -0.39 is 6.04 Å². The summed E-state index contributed by atoms with van der Waals surface area (Å²) in [6.45, 7) is 0. The van der Waals surface area contributed by atoms with Gasteiger partial charge in [0.2, 0.25) is 11.1 Å². The Kier molecular flexibility index (Phi) is 6.38. The number of hydrogen-bond acceptors (Lipinski definition) is 8. The molecule has 2 aromatic carbocycles. The number of carbonyl (C=O) groups is 1. The first-order valence-electron chi connectivity index (χ1n) is 11.2. The maximum absolute atomic E-state index is 13.6. The van der Waals surface area contributed by atoms with Gasteiger partial charge >= 0.3 is 0 Å². The number of thioether (sulfide) groups is 1. The molecule has 0 amide bonds. The van der Waals surface area contributed by atoms with Crippen molar-refractivity contribution < 1.29 is 23.4 Å². The van der Waals surface area contributed by atoms with Crippen molar-refractivity contribution in [1.29, 1.82) is 0 Å². The molecule has 1 aromatic heterocycles. The van der Waals surface area contributed by atoms with Crippen molar-refractivity contribution in [3.05, 3.63) is 64.6 Å². The number of rotatable bonds is 7. The van der Waals surface area contributed by atoms with Crippen molar-refractivity contribution >= 4 is 23.5 Å². The van der Waals surface area contributed by atoms with Gasteiger partial charge in [0.15, 0.2) is 17.3 Å². The van der Waals surface area contributed by atoms with E-state index in [4.69, 9.17) is 19.3 Å². The van der Waals surface area contributed by atoms with Crippen molar-refractivity contribution in [2.24, 2.45) is 0 Å². The van der Waals surface area contributed by atoms with Gasteiger partial charge in [0, 0.05) is 35.1 Å². The summed E-state index contributed by atoms with van der Waals surface area (Å²) in [5.74, 6) is 2.44. The van der Waals surface area contributed by atoms with Crippen LogP contribution >= 0.6 is 11.8 Å². The number of carbonyl (C=O) groups excluding carboxylic acids is 1. The molecule has 1 aliphatic heterocycles. The molecule has 182 valence electrons. The minimum atomic E-state index is -0.542. The zero-order valence-corrected chi connectivity index (χ0v) is 20.4. The van der Waals surface area contributed by atoms with Crippen molar-refractivity contribution in [1.82, 2.24) is 14.8 Å². The Morgan fingerprint density at radius 3 is 2.60 bits per heavy atom. The highest BCUT2D eigenvalue weighted by Gasteiger charge is 2.38. The predicted molar refractivity (Wildman–Crippen MR) is 130 cm³/mol. The summed E-state index contributed by atoms with van der Waals surface area (Å²) < 4.78 is 32.0. The van der Waals surface area contributed by atoms with Gasteiger partial charge in [-0.3, -0.25) is 4.79 Å². The number of hydrogen-bond donors (Lipinski definition) is 1. The Balaban J connectivity index is 1.58. The maximum Gasteiger partial charge on any atom is 0.227 e. The van der Waals surface area contributed by atoms with E-state index in [0.717, 1.165) is 29.7 Å². The lowest BCUT2D eigenvalue weighted by Gasteiger charge is -2.33. The summed E-state index contributed by atoms with van der Waals surface area (Å²) in [5, 5.41) is 8.59. The van der Waals surface area contributed by atoms with Crippen LogP contribution in [0, 0.1) is 5.82 Å². The number of allylic oxidation sites excluding steroid dienone is 2. The van der Waals surface area contributed by atoms with Gasteiger partial charge in [-0.25, -0.2) is 9.07 Å². The van der Waals surface area contributed by atoms with Crippen LogP contribution < -0.4 is 19.5 Å². The fraction of sp³-hybridized carbons (Fsp3) is 0.320. The zero-order chi connectivity index (χ0) is 24.5. The molecule has 1 aliphatic carbocycles. The molecule has 1 N–H and O–H groups in total. The Morgan fingerprint density at radius 2 is 1.86 bits per heavy atom. The third-order valence-corrected chi connectivity index (χ3v) is 7.04. The van der Waals surface area contributed by atoms with E-state index in [0.29, 0.717) is 46.1 Å². The molecule has 0 saturated carbocycles. The average molecular weight is 497 g/mol. The lowest BCUT2D eigenvalue weighted by atomic mass is 9.85. The van der Waals surface area contributed by atoms with Crippen LogP contribution in [0.2, 0.25) is 0 Å². The van der Waals surface area contributed by atoms with Crippen LogP contribution in [0.1, 0.15) is 36.4 Å². The van der Waals surface area contributed by atoms with E-state index in [1.54, 1.807) is 38.1 Å². The number of halogens is 1. The molecule has 1 atom stereocenters.